The van der Waals surface area contributed by atoms with Crippen LogP contribution in [0.1, 0.15) is 45.2 Å². The van der Waals surface area contributed by atoms with Crippen LogP contribution in [0.5, 0.6) is 5.75 Å². The smallest absolute Gasteiger partial charge is 0.123 e. The van der Waals surface area contributed by atoms with Crippen LogP contribution in [0.2, 0.25) is 0 Å². The van der Waals surface area contributed by atoms with Crippen LogP contribution in [0.15, 0.2) is 18.2 Å². The van der Waals surface area contributed by atoms with Crippen molar-refractivity contribution in [1.29, 1.82) is 0 Å². The monoisotopic (exact) mass is 236 g/mol. The lowest BCUT2D eigenvalue weighted by atomic mass is 9.85. The molecule has 1 rings (SSSR count). The Bertz CT molecular complexity index is 362. The molecule has 0 aliphatic heterocycles. The van der Waals surface area contributed by atoms with Gasteiger partial charge in [0.25, 0.3) is 0 Å². The minimum Gasteiger partial charge on any atom is -0.493 e. The molecule has 2 heteroatoms. The number of aryl methyl sites for hydroxylation is 1. The highest BCUT2D eigenvalue weighted by Crippen LogP contribution is 2.32. The maximum Gasteiger partial charge on any atom is 0.123 e. The largest absolute Gasteiger partial charge is 0.493 e. The molecule has 0 bridgehead atoms. The van der Waals surface area contributed by atoms with Crippen LogP contribution >= 0.6 is 0 Å². The van der Waals surface area contributed by atoms with E-state index in [9.17, 15) is 5.11 Å². The van der Waals surface area contributed by atoms with Gasteiger partial charge in [-0.1, -0.05) is 38.5 Å². The summed E-state index contributed by atoms with van der Waals surface area (Å²) in [6.45, 7) is 11.0. The molecular weight excluding hydrogens is 212 g/mol. The van der Waals surface area contributed by atoms with Crippen molar-refractivity contribution in [3.8, 4) is 5.75 Å². The molecule has 2 nitrogen and oxygen atoms in total. The Hall–Kier alpha value is -1.02. The van der Waals surface area contributed by atoms with Crippen molar-refractivity contribution in [2.24, 2.45) is 0 Å². The summed E-state index contributed by atoms with van der Waals surface area (Å²) in [4.78, 5) is 0. The van der Waals surface area contributed by atoms with Crippen molar-refractivity contribution in [2.75, 3.05) is 6.61 Å². The standard InChI is InChI=1S/C15H24O2/c1-11-6-7-14(17-9-8-12(2)16)13(10-11)15(3,4)5/h6-7,10,12,16H,8-9H2,1-5H3. The number of benzene rings is 1. The summed E-state index contributed by atoms with van der Waals surface area (Å²) in [6, 6.07) is 6.27. The van der Waals surface area contributed by atoms with E-state index in [0.29, 0.717) is 13.0 Å². The first kappa shape index (κ1) is 14.0. The highest BCUT2D eigenvalue weighted by Gasteiger charge is 2.19. The van der Waals surface area contributed by atoms with Gasteiger partial charge in [-0.15, -0.1) is 0 Å². The van der Waals surface area contributed by atoms with Gasteiger partial charge < -0.3 is 9.84 Å². The maximum atomic E-state index is 9.22. The minimum atomic E-state index is -0.307. The van der Waals surface area contributed by atoms with Gasteiger partial charge in [0.1, 0.15) is 5.75 Å². The molecule has 0 aliphatic carbocycles. The Morgan fingerprint density at radius 3 is 2.47 bits per heavy atom. The SMILES string of the molecule is Cc1ccc(OCCC(C)O)c(C(C)(C)C)c1. The molecule has 0 aliphatic rings. The molecule has 96 valence electrons. The summed E-state index contributed by atoms with van der Waals surface area (Å²) >= 11 is 0. The fourth-order valence-corrected chi connectivity index (χ4v) is 1.70. The lowest BCUT2D eigenvalue weighted by Crippen LogP contribution is -2.15. The van der Waals surface area contributed by atoms with Crippen molar-refractivity contribution in [3.05, 3.63) is 29.3 Å². The second-order valence-corrected chi connectivity index (χ2v) is 5.74. The average Bonchev–Trinajstić information content (AvgIpc) is 2.18. The zero-order valence-electron chi connectivity index (χ0n) is 11.6. The van der Waals surface area contributed by atoms with Gasteiger partial charge in [0, 0.05) is 6.42 Å². The van der Waals surface area contributed by atoms with Crippen molar-refractivity contribution in [2.45, 2.75) is 52.6 Å². The van der Waals surface area contributed by atoms with Crippen LogP contribution < -0.4 is 4.74 Å². The van der Waals surface area contributed by atoms with Crippen molar-refractivity contribution < 1.29 is 9.84 Å². The van der Waals surface area contributed by atoms with E-state index < -0.39 is 0 Å². The first-order chi connectivity index (χ1) is 7.80. The first-order valence-corrected chi connectivity index (χ1v) is 6.22. The van der Waals surface area contributed by atoms with Crippen LogP contribution in [-0.2, 0) is 5.41 Å². The van der Waals surface area contributed by atoms with Crippen LogP contribution in [-0.4, -0.2) is 17.8 Å². The molecule has 0 saturated heterocycles. The third-order valence-corrected chi connectivity index (χ3v) is 2.74. The minimum absolute atomic E-state index is 0.0756. The van der Waals surface area contributed by atoms with Gasteiger partial charge in [0.15, 0.2) is 0 Å². The van der Waals surface area contributed by atoms with E-state index in [-0.39, 0.29) is 11.5 Å². The summed E-state index contributed by atoms with van der Waals surface area (Å²) in [5, 5.41) is 9.22. The quantitative estimate of drug-likeness (QED) is 0.867. The van der Waals surface area contributed by atoms with Crippen LogP contribution in [0.3, 0.4) is 0 Å². The molecule has 1 unspecified atom stereocenters. The second kappa shape index (κ2) is 5.54. The molecule has 1 N–H and O–H groups in total. The number of hydrogen-bond donors (Lipinski definition) is 1. The molecule has 0 saturated carbocycles. The molecule has 0 radical (unpaired) electrons. The van der Waals surface area contributed by atoms with Gasteiger partial charge in [0.2, 0.25) is 0 Å². The number of rotatable bonds is 4. The second-order valence-electron chi connectivity index (χ2n) is 5.74. The molecule has 0 spiro atoms. The van der Waals surface area contributed by atoms with Crippen LogP contribution in [0.4, 0.5) is 0 Å². The Balaban J connectivity index is 2.84. The summed E-state index contributed by atoms with van der Waals surface area (Å²) in [5.41, 5.74) is 2.55. The molecule has 0 amide bonds. The van der Waals surface area contributed by atoms with E-state index in [2.05, 4.69) is 39.8 Å². The van der Waals surface area contributed by atoms with Gasteiger partial charge in [0.05, 0.1) is 12.7 Å². The van der Waals surface area contributed by atoms with E-state index in [4.69, 9.17) is 4.74 Å². The third-order valence-electron chi connectivity index (χ3n) is 2.74. The normalized spacial score (nSPS) is 13.5. The predicted octanol–water partition coefficient (Wildman–Crippen LogP) is 3.44. The van der Waals surface area contributed by atoms with E-state index in [1.165, 1.54) is 11.1 Å². The Morgan fingerprint density at radius 1 is 1.29 bits per heavy atom. The van der Waals surface area contributed by atoms with Gasteiger partial charge >= 0.3 is 0 Å². The molecule has 17 heavy (non-hydrogen) atoms. The number of hydrogen-bond acceptors (Lipinski definition) is 2. The number of ether oxygens (including phenoxy) is 1. The molecule has 0 heterocycles. The zero-order valence-corrected chi connectivity index (χ0v) is 11.6. The van der Waals surface area contributed by atoms with E-state index in [1.807, 2.05) is 6.07 Å². The highest BCUT2D eigenvalue weighted by atomic mass is 16.5. The highest BCUT2D eigenvalue weighted by molar-refractivity contribution is 5.41. The third kappa shape index (κ3) is 4.39. The predicted molar refractivity (Wildman–Crippen MR) is 71.7 cm³/mol. The lowest BCUT2D eigenvalue weighted by molar-refractivity contribution is 0.155. The van der Waals surface area contributed by atoms with Crippen molar-refractivity contribution >= 4 is 0 Å². The van der Waals surface area contributed by atoms with Gasteiger partial charge in [-0.25, -0.2) is 0 Å². The Morgan fingerprint density at radius 2 is 1.94 bits per heavy atom. The van der Waals surface area contributed by atoms with Crippen LogP contribution in [0, 0.1) is 6.92 Å². The lowest BCUT2D eigenvalue weighted by Gasteiger charge is -2.23. The van der Waals surface area contributed by atoms with E-state index in [1.54, 1.807) is 6.92 Å². The average molecular weight is 236 g/mol. The van der Waals surface area contributed by atoms with Crippen molar-refractivity contribution in [1.82, 2.24) is 0 Å². The van der Waals surface area contributed by atoms with E-state index >= 15 is 0 Å². The molecule has 0 aromatic heterocycles. The van der Waals surface area contributed by atoms with E-state index in [0.717, 1.165) is 5.75 Å². The molecule has 0 fully saturated rings. The Labute approximate surface area is 105 Å². The molecule has 1 aromatic rings. The fraction of sp³-hybridized carbons (Fsp3) is 0.600. The number of aliphatic hydroxyl groups excluding tert-OH is 1. The van der Waals surface area contributed by atoms with Gasteiger partial charge in [-0.2, -0.15) is 0 Å². The topological polar surface area (TPSA) is 29.5 Å². The summed E-state index contributed by atoms with van der Waals surface area (Å²) in [6.07, 6.45) is 0.357. The number of aliphatic hydroxyl groups is 1. The van der Waals surface area contributed by atoms with Crippen molar-refractivity contribution in [3.63, 3.8) is 0 Å². The van der Waals surface area contributed by atoms with Gasteiger partial charge in [-0.3, -0.25) is 0 Å². The van der Waals surface area contributed by atoms with Gasteiger partial charge in [-0.05, 0) is 30.9 Å². The molecule has 1 aromatic carbocycles. The first-order valence-electron chi connectivity index (χ1n) is 6.22. The summed E-state index contributed by atoms with van der Waals surface area (Å²) in [5.74, 6) is 0.934. The molecular formula is C15H24O2. The van der Waals surface area contributed by atoms with Crippen LogP contribution in [0.25, 0.3) is 0 Å². The zero-order chi connectivity index (χ0) is 13.1. The maximum absolute atomic E-state index is 9.22. The summed E-state index contributed by atoms with van der Waals surface area (Å²) < 4.78 is 5.77. The fourth-order valence-electron chi connectivity index (χ4n) is 1.70. The molecule has 1 atom stereocenters. The summed E-state index contributed by atoms with van der Waals surface area (Å²) in [7, 11) is 0. The Kier molecular flexibility index (Phi) is 4.58.